The van der Waals surface area contributed by atoms with Crippen molar-refractivity contribution in [3.05, 3.63) is 17.7 Å². The number of thioether (sulfide) groups is 1. The lowest BCUT2D eigenvalue weighted by Gasteiger charge is -2.16. The van der Waals surface area contributed by atoms with Crippen molar-refractivity contribution in [1.29, 1.82) is 0 Å². The maximum atomic E-state index is 5.92. The zero-order chi connectivity index (χ0) is 13.8. The van der Waals surface area contributed by atoms with Gasteiger partial charge < -0.3 is 15.2 Å². The van der Waals surface area contributed by atoms with Gasteiger partial charge in [0.2, 0.25) is 0 Å². The van der Waals surface area contributed by atoms with Gasteiger partial charge in [0.25, 0.3) is 0 Å². The van der Waals surface area contributed by atoms with E-state index in [1.165, 1.54) is 23.5 Å². The summed E-state index contributed by atoms with van der Waals surface area (Å²) in [5.74, 6) is 3.90. The molecule has 1 saturated carbocycles. The predicted octanol–water partition coefficient (Wildman–Crippen LogP) is 3.10. The highest BCUT2D eigenvalue weighted by Crippen LogP contribution is 2.41. The fourth-order valence-electron chi connectivity index (χ4n) is 2.08. The van der Waals surface area contributed by atoms with Crippen LogP contribution in [0.5, 0.6) is 11.5 Å². The van der Waals surface area contributed by atoms with Crippen LogP contribution in [0, 0.1) is 5.92 Å². The Labute approximate surface area is 119 Å². The Morgan fingerprint density at radius 1 is 1.32 bits per heavy atom. The third-order valence-corrected chi connectivity index (χ3v) is 4.51. The maximum absolute atomic E-state index is 5.92. The molecule has 1 aliphatic rings. The quantitative estimate of drug-likeness (QED) is 0.780. The second kappa shape index (κ2) is 6.53. The number of rotatable bonds is 7. The van der Waals surface area contributed by atoms with Gasteiger partial charge in [-0.3, -0.25) is 0 Å². The molecule has 0 spiro atoms. The molecule has 2 N–H and O–H groups in total. The van der Waals surface area contributed by atoms with E-state index < -0.39 is 0 Å². The highest BCUT2D eigenvalue weighted by Gasteiger charge is 2.23. The van der Waals surface area contributed by atoms with Crippen LogP contribution in [0.4, 0.5) is 0 Å². The Kier molecular flexibility index (Phi) is 4.99. The molecule has 0 radical (unpaired) electrons. The Hall–Kier alpha value is -0.870. The van der Waals surface area contributed by atoms with Crippen LogP contribution in [-0.2, 0) is 6.42 Å². The van der Waals surface area contributed by atoms with Crippen LogP contribution in [0.15, 0.2) is 17.0 Å². The van der Waals surface area contributed by atoms with Crippen molar-refractivity contribution < 1.29 is 9.47 Å². The van der Waals surface area contributed by atoms with Crippen molar-refractivity contribution >= 4 is 11.8 Å². The van der Waals surface area contributed by atoms with Gasteiger partial charge in [0.15, 0.2) is 0 Å². The number of hydrogen-bond acceptors (Lipinski definition) is 4. The van der Waals surface area contributed by atoms with E-state index in [0.717, 1.165) is 29.4 Å². The van der Waals surface area contributed by atoms with E-state index >= 15 is 0 Å². The highest BCUT2D eigenvalue weighted by molar-refractivity contribution is 7.99. The molecule has 0 saturated heterocycles. The van der Waals surface area contributed by atoms with Gasteiger partial charge in [0.1, 0.15) is 11.5 Å². The van der Waals surface area contributed by atoms with Crippen LogP contribution < -0.4 is 15.2 Å². The molecule has 0 bridgehead atoms. The topological polar surface area (TPSA) is 44.5 Å². The van der Waals surface area contributed by atoms with Gasteiger partial charge in [-0.2, -0.15) is 0 Å². The van der Waals surface area contributed by atoms with E-state index in [-0.39, 0.29) is 6.04 Å². The number of hydrogen-bond donors (Lipinski definition) is 1. The largest absolute Gasteiger partial charge is 0.497 e. The summed E-state index contributed by atoms with van der Waals surface area (Å²) in [6.07, 6.45) is 3.54. The lowest BCUT2D eigenvalue weighted by molar-refractivity contribution is 0.388. The fourth-order valence-corrected chi connectivity index (χ4v) is 3.37. The molecule has 2 rings (SSSR count). The van der Waals surface area contributed by atoms with Crippen molar-refractivity contribution in [2.24, 2.45) is 11.7 Å². The van der Waals surface area contributed by atoms with Gasteiger partial charge in [-0.05, 0) is 44.2 Å². The molecule has 0 amide bonds. The minimum Gasteiger partial charge on any atom is -0.497 e. The average molecular weight is 281 g/mol. The average Bonchev–Trinajstić information content (AvgIpc) is 3.19. The molecule has 0 heterocycles. The van der Waals surface area contributed by atoms with Gasteiger partial charge in [0, 0.05) is 17.4 Å². The van der Waals surface area contributed by atoms with Crippen molar-refractivity contribution in [3.63, 3.8) is 0 Å². The molecule has 3 nitrogen and oxygen atoms in total. The van der Waals surface area contributed by atoms with Crippen LogP contribution in [0.2, 0.25) is 0 Å². The van der Waals surface area contributed by atoms with Gasteiger partial charge in [-0.15, -0.1) is 11.8 Å². The smallest absolute Gasteiger partial charge is 0.135 e. The minimum absolute atomic E-state index is 0.113. The van der Waals surface area contributed by atoms with E-state index in [1.807, 2.05) is 24.8 Å². The first-order valence-electron chi connectivity index (χ1n) is 6.77. The summed E-state index contributed by atoms with van der Waals surface area (Å²) in [6, 6.07) is 4.21. The molecular formula is C15H23NO2S. The van der Waals surface area contributed by atoms with Gasteiger partial charge >= 0.3 is 0 Å². The summed E-state index contributed by atoms with van der Waals surface area (Å²) in [5, 5.41) is 0. The minimum atomic E-state index is 0.113. The summed E-state index contributed by atoms with van der Waals surface area (Å²) >= 11 is 1.87. The molecule has 0 unspecified atom stereocenters. The molecule has 0 aliphatic heterocycles. The standard InChI is InChI=1S/C15H23NO2S/c1-10(16)6-12-7-13(17-2)8-14(15(12)18-3)19-9-11-4-5-11/h7-8,10-11H,4-6,9,16H2,1-3H3/t10-/m1/s1. The molecule has 106 valence electrons. The Bertz CT molecular complexity index is 430. The number of benzene rings is 1. The third-order valence-electron chi connectivity index (χ3n) is 3.26. The van der Waals surface area contributed by atoms with Crippen LogP contribution in [0.3, 0.4) is 0 Å². The van der Waals surface area contributed by atoms with E-state index in [0.29, 0.717) is 0 Å². The molecule has 19 heavy (non-hydrogen) atoms. The van der Waals surface area contributed by atoms with E-state index in [2.05, 4.69) is 6.07 Å². The summed E-state index contributed by atoms with van der Waals surface area (Å²) in [6.45, 7) is 2.01. The van der Waals surface area contributed by atoms with Crippen LogP contribution >= 0.6 is 11.8 Å². The predicted molar refractivity (Wildman–Crippen MR) is 80.3 cm³/mol. The third kappa shape index (κ3) is 4.05. The van der Waals surface area contributed by atoms with E-state index in [1.54, 1.807) is 14.2 Å². The molecular weight excluding hydrogens is 258 g/mol. The highest BCUT2D eigenvalue weighted by atomic mass is 32.2. The summed E-state index contributed by atoms with van der Waals surface area (Å²) in [4.78, 5) is 1.17. The molecule has 1 aromatic rings. The van der Waals surface area contributed by atoms with Gasteiger partial charge in [0.05, 0.1) is 19.1 Å². The molecule has 0 aromatic heterocycles. The monoisotopic (exact) mass is 281 g/mol. The van der Waals surface area contributed by atoms with Gasteiger partial charge in [-0.25, -0.2) is 0 Å². The lowest BCUT2D eigenvalue weighted by Crippen LogP contribution is -2.18. The van der Waals surface area contributed by atoms with Gasteiger partial charge in [-0.1, -0.05) is 0 Å². The zero-order valence-corrected chi connectivity index (χ0v) is 12.8. The SMILES string of the molecule is COc1cc(C[C@@H](C)N)c(OC)c(SCC2CC2)c1. The lowest BCUT2D eigenvalue weighted by atomic mass is 10.1. The van der Waals surface area contributed by atoms with Crippen molar-refractivity contribution in [1.82, 2.24) is 0 Å². The zero-order valence-electron chi connectivity index (χ0n) is 11.9. The summed E-state index contributed by atoms with van der Waals surface area (Å²) in [5.41, 5.74) is 7.05. The van der Waals surface area contributed by atoms with Crippen LogP contribution in [0.1, 0.15) is 25.3 Å². The first-order valence-corrected chi connectivity index (χ1v) is 7.76. The first kappa shape index (κ1) is 14.5. The maximum Gasteiger partial charge on any atom is 0.135 e. The van der Waals surface area contributed by atoms with E-state index in [4.69, 9.17) is 15.2 Å². The second-order valence-corrected chi connectivity index (χ2v) is 6.32. The Morgan fingerprint density at radius 3 is 2.58 bits per heavy atom. The van der Waals surface area contributed by atoms with E-state index in [9.17, 15) is 0 Å². The summed E-state index contributed by atoms with van der Waals surface area (Å²) < 4.78 is 11.0. The Morgan fingerprint density at radius 2 is 2.05 bits per heavy atom. The molecule has 1 aliphatic carbocycles. The fraction of sp³-hybridized carbons (Fsp3) is 0.600. The van der Waals surface area contributed by atoms with Crippen LogP contribution in [0.25, 0.3) is 0 Å². The molecule has 1 fully saturated rings. The normalized spacial score (nSPS) is 16.2. The molecule has 1 aromatic carbocycles. The Balaban J connectivity index is 2.25. The molecule has 1 atom stereocenters. The van der Waals surface area contributed by atoms with Crippen molar-refractivity contribution in [2.45, 2.75) is 37.1 Å². The number of methoxy groups -OCH3 is 2. The number of ether oxygens (including phenoxy) is 2. The van der Waals surface area contributed by atoms with Crippen molar-refractivity contribution in [3.8, 4) is 11.5 Å². The number of nitrogens with two attached hydrogens (primary N) is 1. The summed E-state index contributed by atoms with van der Waals surface area (Å²) in [7, 11) is 3.43. The van der Waals surface area contributed by atoms with Crippen LogP contribution in [-0.4, -0.2) is 26.0 Å². The molecule has 4 heteroatoms. The second-order valence-electron chi connectivity index (χ2n) is 5.25. The van der Waals surface area contributed by atoms with Crippen molar-refractivity contribution in [2.75, 3.05) is 20.0 Å². The first-order chi connectivity index (χ1) is 9.13.